The van der Waals surface area contributed by atoms with Gasteiger partial charge in [0.2, 0.25) is 0 Å². The molecule has 2 nitrogen and oxygen atoms in total. The molecule has 0 aliphatic rings. The predicted octanol–water partition coefficient (Wildman–Crippen LogP) is 1.99. The van der Waals surface area contributed by atoms with Crippen LogP contribution in [0.15, 0.2) is 42.7 Å². The van der Waals surface area contributed by atoms with E-state index in [9.17, 15) is 12.9 Å². The van der Waals surface area contributed by atoms with Crippen LogP contribution >= 0.6 is 0 Å². The van der Waals surface area contributed by atoms with E-state index < -0.39 is 12.4 Å². The second-order valence-corrected chi connectivity index (χ2v) is 3.52. The highest BCUT2D eigenvalue weighted by Gasteiger charge is 2.24. The second kappa shape index (κ2) is 4.04. The Hall–Kier alpha value is -1.72. The van der Waals surface area contributed by atoms with Gasteiger partial charge < -0.3 is 12.9 Å². The molecule has 0 spiro atoms. The van der Waals surface area contributed by atoms with Crippen molar-refractivity contribution in [1.82, 2.24) is 9.78 Å². The first-order valence-corrected chi connectivity index (χ1v) is 4.82. The molecule has 0 N–H and O–H groups in total. The molecule has 6 heteroatoms. The fourth-order valence-corrected chi connectivity index (χ4v) is 1.42. The molecule has 0 fully saturated rings. The van der Waals surface area contributed by atoms with Crippen molar-refractivity contribution in [2.24, 2.45) is 0 Å². The Morgan fingerprint density at radius 3 is 2.31 bits per heavy atom. The van der Waals surface area contributed by atoms with E-state index in [4.69, 9.17) is 0 Å². The lowest BCUT2D eigenvalue weighted by atomic mass is 9.80. The van der Waals surface area contributed by atoms with Crippen LogP contribution in [0.3, 0.4) is 0 Å². The Morgan fingerprint density at radius 1 is 1.12 bits per heavy atom. The molecular weight excluding hydrogens is 216 g/mol. The molecule has 0 atom stereocenters. The van der Waals surface area contributed by atoms with Crippen LogP contribution in [0.4, 0.5) is 12.9 Å². The van der Waals surface area contributed by atoms with Crippen molar-refractivity contribution in [2.75, 3.05) is 0 Å². The summed E-state index contributed by atoms with van der Waals surface area (Å²) in [5.74, 6) is 0. The first kappa shape index (κ1) is 10.8. The molecule has 0 aliphatic heterocycles. The van der Waals surface area contributed by atoms with E-state index >= 15 is 0 Å². The van der Waals surface area contributed by atoms with E-state index in [0.29, 0.717) is 6.54 Å². The summed E-state index contributed by atoms with van der Waals surface area (Å²) < 4.78 is 38.7. The summed E-state index contributed by atoms with van der Waals surface area (Å²) in [7, 11) is 0. The molecule has 0 radical (unpaired) electrons. The maximum atomic E-state index is 12.3. The summed E-state index contributed by atoms with van der Waals surface area (Å²) in [6.45, 7) is -4.41. The molecule has 1 aromatic heterocycles. The molecule has 0 saturated heterocycles. The highest BCUT2D eigenvalue weighted by Crippen LogP contribution is 2.10. The van der Waals surface area contributed by atoms with Crippen LogP contribution in [0.2, 0.25) is 0 Å². The molecule has 1 heterocycles. The first-order chi connectivity index (χ1) is 7.55. The molecule has 0 bridgehead atoms. The van der Waals surface area contributed by atoms with Crippen LogP contribution < -0.4 is 5.46 Å². The largest absolute Gasteiger partial charge is 0.509 e. The SMILES string of the molecule is F[B-](F)(F)c1ccc(Cn2cccn2)cc1. The van der Waals surface area contributed by atoms with Gasteiger partial charge in [0, 0.05) is 12.4 Å². The molecule has 0 aliphatic carbocycles. The zero-order chi connectivity index (χ0) is 11.6. The fraction of sp³-hybridized carbons (Fsp3) is 0.100. The van der Waals surface area contributed by atoms with Gasteiger partial charge in [-0.15, -0.1) is 5.46 Å². The minimum atomic E-state index is -4.90. The van der Waals surface area contributed by atoms with Gasteiger partial charge in [0.1, 0.15) is 0 Å². The van der Waals surface area contributed by atoms with Crippen molar-refractivity contribution < 1.29 is 12.9 Å². The number of hydrogen-bond donors (Lipinski definition) is 0. The summed E-state index contributed by atoms with van der Waals surface area (Å²) in [6, 6.07) is 6.95. The van der Waals surface area contributed by atoms with Crippen molar-refractivity contribution in [3.05, 3.63) is 48.3 Å². The lowest BCUT2D eigenvalue weighted by Crippen LogP contribution is -2.33. The topological polar surface area (TPSA) is 17.8 Å². The minimum Gasteiger partial charge on any atom is -0.445 e. The quantitative estimate of drug-likeness (QED) is 0.730. The van der Waals surface area contributed by atoms with Gasteiger partial charge in [-0.3, -0.25) is 4.68 Å². The third kappa shape index (κ3) is 2.45. The number of rotatable bonds is 3. The average molecular weight is 225 g/mol. The van der Waals surface area contributed by atoms with Gasteiger partial charge in [0.15, 0.2) is 0 Å². The third-order valence-electron chi connectivity index (χ3n) is 2.26. The molecule has 2 rings (SSSR count). The Bertz CT molecular complexity index is 448. The maximum Gasteiger partial charge on any atom is 0.509 e. The summed E-state index contributed by atoms with van der Waals surface area (Å²) in [5, 5.41) is 3.98. The summed E-state index contributed by atoms with van der Waals surface area (Å²) in [6.07, 6.45) is 3.40. The van der Waals surface area contributed by atoms with E-state index in [1.807, 2.05) is 0 Å². The Kier molecular flexibility index (Phi) is 2.72. The standard InChI is InChI=1S/C10H9BF3N2/c12-11(13,14)10-4-2-9(3-5-10)8-16-7-1-6-15-16/h1-7H,8H2/q-1. The summed E-state index contributed by atoms with van der Waals surface area (Å²) in [5.41, 5.74) is 0.233. The Labute approximate surface area is 90.8 Å². The minimum absolute atomic E-state index is 0.484. The van der Waals surface area contributed by atoms with Crippen LogP contribution in [0, 0.1) is 0 Å². The van der Waals surface area contributed by atoms with Crippen molar-refractivity contribution in [1.29, 1.82) is 0 Å². The van der Waals surface area contributed by atoms with Crippen LogP contribution in [-0.2, 0) is 6.54 Å². The van der Waals surface area contributed by atoms with E-state index in [2.05, 4.69) is 5.10 Å². The van der Waals surface area contributed by atoms with Gasteiger partial charge in [-0.25, -0.2) is 0 Å². The summed E-state index contributed by atoms with van der Waals surface area (Å²) >= 11 is 0. The number of aromatic nitrogens is 2. The van der Waals surface area contributed by atoms with Gasteiger partial charge in [0.05, 0.1) is 6.54 Å². The smallest absolute Gasteiger partial charge is 0.445 e. The van der Waals surface area contributed by atoms with Crippen molar-refractivity contribution in [3.8, 4) is 0 Å². The van der Waals surface area contributed by atoms with Gasteiger partial charge >= 0.3 is 6.98 Å². The van der Waals surface area contributed by atoms with Gasteiger partial charge in [-0.1, -0.05) is 24.3 Å². The Morgan fingerprint density at radius 2 is 1.81 bits per heavy atom. The first-order valence-electron chi connectivity index (χ1n) is 4.82. The molecule has 16 heavy (non-hydrogen) atoms. The zero-order valence-corrected chi connectivity index (χ0v) is 8.35. The van der Waals surface area contributed by atoms with Gasteiger partial charge in [-0.2, -0.15) is 5.10 Å². The number of nitrogens with zero attached hydrogens (tertiary/aromatic N) is 2. The zero-order valence-electron chi connectivity index (χ0n) is 8.35. The number of hydrogen-bond acceptors (Lipinski definition) is 1. The molecule has 2 aromatic rings. The average Bonchev–Trinajstić information content (AvgIpc) is 2.70. The molecule has 0 unspecified atom stereocenters. The van der Waals surface area contributed by atoms with E-state index in [0.717, 1.165) is 17.7 Å². The van der Waals surface area contributed by atoms with Crippen LogP contribution in [0.25, 0.3) is 0 Å². The van der Waals surface area contributed by atoms with Gasteiger partial charge in [0.25, 0.3) is 0 Å². The van der Waals surface area contributed by atoms with E-state index in [1.165, 1.54) is 12.1 Å². The fourth-order valence-electron chi connectivity index (χ4n) is 1.42. The van der Waals surface area contributed by atoms with Crippen LogP contribution in [0.5, 0.6) is 0 Å². The highest BCUT2D eigenvalue weighted by molar-refractivity contribution is 6.73. The van der Waals surface area contributed by atoms with Crippen LogP contribution in [-0.4, -0.2) is 16.8 Å². The lowest BCUT2D eigenvalue weighted by Gasteiger charge is -2.14. The second-order valence-electron chi connectivity index (χ2n) is 3.52. The molecule has 84 valence electrons. The normalized spacial score (nSPS) is 11.7. The van der Waals surface area contributed by atoms with E-state index in [-0.39, 0.29) is 0 Å². The predicted molar refractivity (Wildman–Crippen MR) is 56.5 cm³/mol. The van der Waals surface area contributed by atoms with Crippen molar-refractivity contribution in [2.45, 2.75) is 6.54 Å². The highest BCUT2D eigenvalue weighted by atomic mass is 19.4. The third-order valence-corrected chi connectivity index (χ3v) is 2.26. The molecule has 0 saturated carbocycles. The molecule has 1 aromatic carbocycles. The van der Waals surface area contributed by atoms with Gasteiger partial charge in [-0.05, 0) is 11.6 Å². The maximum absolute atomic E-state index is 12.3. The van der Waals surface area contributed by atoms with Crippen LogP contribution in [0.1, 0.15) is 5.56 Å². The monoisotopic (exact) mass is 225 g/mol. The van der Waals surface area contributed by atoms with Crippen molar-refractivity contribution in [3.63, 3.8) is 0 Å². The van der Waals surface area contributed by atoms with E-state index in [1.54, 1.807) is 23.1 Å². The Balaban J connectivity index is 2.14. The number of halogens is 3. The lowest BCUT2D eigenvalue weighted by molar-refractivity contribution is 0.501. The summed E-state index contributed by atoms with van der Waals surface area (Å²) in [4.78, 5) is 0. The molecular formula is C10H9BF3N2-. The number of benzene rings is 1. The van der Waals surface area contributed by atoms with Crippen molar-refractivity contribution >= 4 is 12.4 Å². The molecule has 0 amide bonds.